The number of aliphatic hydroxyl groups is 1. The third-order valence-corrected chi connectivity index (χ3v) is 5.13. The molecule has 23 heavy (non-hydrogen) atoms. The van der Waals surface area contributed by atoms with E-state index in [1.807, 2.05) is 18.2 Å². The van der Waals surface area contributed by atoms with Gasteiger partial charge in [-0.1, -0.05) is 17.7 Å². The predicted octanol–water partition coefficient (Wildman–Crippen LogP) is 3.02. The van der Waals surface area contributed by atoms with Gasteiger partial charge in [0.15, 0.2) is 0 Å². The van der Waals surface area contributed by atoms with Crippen molar-refractivity contribution < 1.29 is 14.6 Å². The summed E-state index contributed by atoms with van der Waals surface area (Å²) in [6, 6.07) is 7.48. The smallest absolute Gasteiger partial charge is 0.126 e. The van der Waals surface area contributed by atoms with E-state index in [0.717, 1.165) is 57.6 Å². The fourth-order valence-electron chi connectivity index (χ4n) is 3.47. The first-order chi connectivity index (χ1) is 11.2. The monoisotopic (exact) mass is 339 g/mol. The molecule has 0 unspecified atom stereocenters. The molecule has 0 aromatic heterocycles. The van der Waals surface area contributed by atoms with Crippen LogP contribution in [0, 0.1) is 5.92 Å². The molecule has 1 saturated heterocycles. The number of halogens is 1. The van der Waals surface area contributed by atoms with E-state index >= 15 is 0 Å². The van der Waals surface area contributed by atoms with Gasteiger partial charge in [-0.3, -0.25) is 0 Å². The van der Waals surface area contributed by atoms with E-state index in [2.05, 4.69) is 5.32 Å². The third kappa shape index (κ3) is 4.83. The maximum Gasteiger partial charge on any atom is 0.126 e. The maximum absolute atomic E-state index is 10.6. The van der Waals surface area contributed by atoms with Crippen molar-refractivity contribution in [2.24, 2.45) is 5.92 Å². The molecule has 2 aliphatic rings. The van der Waals surface area contributed by atoms with Gasteiger partial charge < -0.3 is 19.9 Å². The molecule has 4 nitrogen and oxygen atoms in total. The molecule has 0 radical (unpaired) electrons. The Morgan fingerprint density at radius 1 is 1.22 bits per heavy atom. The molecule has 1 heterocycles. The first kappa shape index (κ1) is 17.0. The van der Waals surface area contributed by atoms with Gasteiger partial charge in [0.2, 0.25) is 0 Å². The highest BCUT2D eigenvalue weighted by molar-refractivity contribution is 6.30. The molecule has 5 heteroatoms. The Balaban J connectivity index is 1.52. The summed E-state index contributed by atoms with van der Waals surface area (Å²) >= 11 is 6.00. The Kier molecular flexibility index (Phi) is 6.17. The Morgan fingerprint density at radius 3 is 2.83 bits per heavy atom. The molecule has 2 N–H and O–H groups in total. The van der Waals surface area contributed by atoms with Crippen LogP contribution in [0.5, 0.6) is 5.75 Å². The van der Waals surface area contributed by atoms with E-state index in [9.17, 15) is 5.11 Å². The first-order valence-corrected chi connectivity index (χ1v) is 9.01. The summed E-state index contributed by atoms with van der Waals surface area (Å²) in [5.41, 5.74) is 0. The van der Waals surface area contributed by atoms with Crippen LogP contribution in [-0.4, -0.2) is 43.1 Å². The van der Waals surface area contributed by atoms with Crippen molar-refractivity contribution >= 4 is 11.6 Å². The van der Waals surface area contributed by atoms with Crippen LogP contribution in [0.2, 0.25) is 5.02 Å². The highest BCUT2D eigenvalue weighted by atomic mass is 35.5. The molecule has 2 fully saturated rings. The zero-order valence-electron chi connectivity index (χ0n) is 13.4. The minimum Gasteiger partial charge on any atom is -0.488 e. The van der Waals surface area contributed by atoms with Crippen molar-refractivity contribution in [1.29, 1.82) is 0 Å². The van der Waals surface area contributed by atoms with Crippen molar-refractivity contribution in [1.82, 2.24) is 5.32 Å². The molecule has 0 amide bonds. The summed E-state index contributed by atoms with van der Waals surface area (Å²) in [4.78, 5) is 0. The highest BCUT2D eigenvalue weighted by Crippen LogP contribution is 2.26. The first-order valence-electron chi connectivity index (χ1n) is 8.64. The number of hydrogen-bond acceptors (Lipinski definition) is 4. The van der Waals surface area contributed by atoms with Gasteiger partial charge in [0.1, 0.15) is 18.0 Å². The summed E-state index contributed by atoms with van der Waals surface area (Å²) in [5, 5.41) is 14.9. The second-order valence-corrected chi connectivity index (χ2v) is 7.04. The summed E-state index contributed by atoms with van der Waals surface area (Å²) in [5.74, 6) is 1.39. The third-order valence-electron chi connectivity index (χ3n) is 4.89. The van der Waals surface area contributed by atoms with Crippen molar-refractivity contribution in [3.63, 3.8) is 0 Å². The lowest BCUT2D eigenvalue weighted by Crippen LogP contribution is -2.52. The summed E-state index contributed by atoms with van der Waals surface area (Å²) in [6.45, 7) is 2.68. The fourth-order valence-corrected chi connectivity index (χ4v) is 3.65. The second kappa shape index (κ2) is 8.34. The zero-order chi connectivity index (χ0) is 16.1. The Labute approximate surface area is 143 Å². The van der Waals surface area contributed by atoms with Gasteiger partial charge >= 0.3 is 0 Å². The molecular formula is C18H26ClNO3. The van der Waals surface area contributed by atoms with Gasteiger partial charge in [0, 0.05) is 24.3 Å². The van der Waals surface area contributed by atoms with Crippen molar-refractivity contribution in [3.8, 4) is 5.75 Å². The average molecular weight is 340 g/mol. The van der Waals surface area contributed by atoms with Gasteiger partial charge in [-0.15, -0.1) is 0 Å². The number of hydrogen-bond donors (Lipinski definition) is 2. The molecule has 1 saturated carbocycles. The van der Waals surface area contributed by atoms with Crippen molar-refractivity contribution in [2.45, 2.75) is 50.4 Å². The molecule has 1 aliphatic heterocycles. The molecule has 0 bridgehead atoms. The van der Waals surface area contributed by atoms with E-state index in [4.69, 9.17) is 21.1 Å². The Bertz CT molecular complexity index is 493. The van der Waals surface area contributed by atoms with E-state index in [0.29, 0.717) is 10.9 Å². The number of aliphatic hydroxyl groups excluding tert-OH is 1. The predicted molar refractivity (Wildman–Crippen MR) is 91.1 cm³/mol. The lowest BCUT2D eigenvalue weighted by Gasteiger charge is -2.36. The zero-order valence-corrected chi connectivity index (χ0v) is 14.2. The topological polar surface area (TPSA) is 50.7 Å². The van der Waals surface area contributed by atoms with Gasteiger partial charge in [0.25, 0.3) is 0 Å². The quantitative estimate of drug-likeness (QED) is 0.865. The number of benzene rings is 1. The standard InChI is InChI=1S/C18H26ClNO3/c19-14-3-1-4-15(11-14)23-17-6-2-5-16(18(17)21)20-12-13-7-9-22-10-8-13/h1,3-4,11,13,16-18,20-21H,2,5-10,12H2/t16-,17+,18+/m0/s1. The fraction of sp³-hybridized carbons (Fsp3) is 0.667. The van der Waals surface area contributed by atoms with Crippen LogP contribution in [0.3, 0.4) is 0 Å². The van der Waals surface area contributed by atoms with Crippen LogP contribution in [0.25, 0.3) is 0 Å². The number of rotatable bonds is 5. The van der Waals surface area contributed by atoms with Crippen LogP contribution in [0.15, 0.2) is 24.3 Å². The Hall–Kier alpha value is -0.810. The van der Waals surface area contributed by atoms with E-state index in [1.54, 1.807) is 6.07 Å². The second-order valence-electron chi connectivity index (χ2n) is 6.61. The van der Waals surface area contributed by atoms with Gasteiger partial charge in [-0.05, 0) is 62.8 Å². The lowest BCUT2D eigenvalue weighted by atomic mass is 9.89. The van der Waals surface area contributed by atoms with Crippen LogP contribution in [0.1, 0.15) is 32.1 Å². The largest absolute Gasteiger partial charge is 0.488 e. The molecule has 128 valence electrons. The lowest BCUT2D eigenvalue weighted by molar-refractivity contribution is -0.0178. The summed E-state index contributed by atoms with van der Waals surface area (Å²) < 4.78 is 11.4. The van der Waals surface area contributed by atoms with Gasteiger partial charge in [-0.25, -0.2) is 0 Å². The maximum atomic E-state index is 10.6. The van der Waals surface area contributed by atoms with Crippen LogP contribution in [0.4, 0.5) is 0 Å². The normalized spacial score (nSPS) is 29.4. The SMILES string of the molecule is O[C@@H]1[C@@H](NCC2CCOCC2)CCC[C@H]1Oc1cccc(Cl)c1. The Morgan fingerprint density at radius 2 is 2.04 bits per heavy atom. The summed E-state index contributed by atoms with van der Waals surface area (Å²) in [6.07, 6.45) is 4.50. The molecule has 3 rings (SSSR count). The molecule has 3 atom stereocenters. The molecule has 0 spiro atoms. The van der Waals surface area contributed by atoms with Gasteiger partial charge in [-0.2, -0.15) is 0 Å². The number of ether oxygens (including phenoxy) is 2. The van der Waals surface area contributed by atoms with Crippen LogP contribution >= 0.6 is 11.6 Å². The number of nitrogens with one attached hydrogen (secondary N) is 1. The molecule has 1 aliphatic carbocycles. The summed E-state index contributed by atoms with van der Waals surface area (Å²) in [7, 11) is 0. The van der Waals surface area contributed by atoms with Gasteiger partial charge in [0.05, 0.1) is 0 Å². The van der Waals surface area contributed by atoms with Crippen molar-refractivity contribution in [3.05, 3.63) is 29.3 Å². The van der Waals surface area contributed by atoms with Crippen LogP contribution in [-0.2, 0) is 4.74 Å². The minimum absolute atomic E-state index is 0.107. The molecule has 1 aromatic rings. The van der Waals surface area contributed by atoms with Crippen LogP contribution < -0.4 is 10.1 Å². The van der Waals surface area contributed by atoms with E-state index in [-0.39, 0.29) is 12.1 Å². The average Bonchev–Trinajstić information content (AvgIpc) is 2.57. The molecular weight excluding hydrogens is 314 g/mol. The highest BCUT2D eigenvalue weighted by Gasteiger charge is 2.33. The van der Waals surface area contributed by atoms with E-state index in [1.165, 1.54) is 0 Å². The minimum atomic E-state index is -0.484. The van der Waals surface area contributed by atoms with E-state index < -0.39 is 6.10 Å². The van der Waals surface area contributed by atoms with Crippen molar-refractivity contribution in [2.75, 3.05) is 19.8 Å². The molecule has 1 aromatic carbocycles.